The Hall–Kier alpha value is -1.06. The molecule has 2 atom stereocenters. The van der Waals surface area contributed by atoms with Crippen LogP contribution in [0.4, 0.5) is 0 Å². The van der Waals surface area contributed by atoms with Crippen LogP contribution in [0, 0.1) is 0 Å². The third-order valence-corrected chi connectivity index (χ3v) is 2.58. The molecule has 0 saturated carbocycles. The van der Waals surface area contributed by atoms with E-state index in [1.54, 1.807) is 13.8 Å². The third kappa shape index (κ3) is 0.722. The first-order valence-electron chi connectivity index (χ1n) is 3.93. The summed E-state index contributed by atoms with van der Waals surface area (Å²) in [4.78, 5) is 22.5. The summed E-state index contributed by atoms with van der Waals surface area (Å²) in [7, 11) is 0. The maximum atomic E-state index is 11.2. The molecular weight excluding hydrogens is 160 g/mol. The van der Waals surface area contributed by atoms with Gasteiger partial charge in [-0.25, -0.2) is 9.59 Å². The standard InChI is InChI=1S/C8H10O4/c1-7-3-4-8(2,6(10)11-7)12-5(7)9/h3-4H2,1-2H3/t7-,8-/m0/s1. The van der Waals surface area contributed by atoms with Gasteiger partial charge in [0, 0.05) is 12.8 Å². The molecule has 0 unspecified atom stereocenters. The molecule has 0 radical (unpaired) electrons. The average molecular weight is 170 g/mol. The van der Waals surface area contributed by atoms with Crippen molar-refractivity contribution < 1.29 is 19.1 Å². The second-order valence-electron chi connectivity index (χ2n) is 3.74. The van der Waals surface area contributed by atoms with Gasteiger partial charge in [-0.3, -0.25) is 0 Å². The fourth-order valence-corrected chi connectivity index (χ4v) is 1.49. The van der Waals surface area contributed by atoms with E-state index >= 15 is 0 Å². The molecule has 3 aliphatic heterocycles. The van der Waals surface area contributed by atoms with Crippen molar-refractivity contribution in [2.75, 3.05) is 0 Å². The van der Waals surface area contributed by atoms with Gasteiger partial charge in [-0.05, 0) is 13.8 Å². The predicted octanol–water partition coefficient (Wildman–Crippen LogP) is 0.398. The zero-order valence-electron chi connectivity index (χ0n) is 7.05. The van der Waals surface area contributed by atoms with Crippen LogP contribution in [0.2, 0.25) is 0 Å². The molecule has 2 bridgehead atoms. The lowest BCUT2D eigenvalue weighted by Gasteiger charge is -2.46. The maximum Gasteiger partial charge on any atom is 0.351 e. The molecular formula is C8H10O4. The summed E-state index contributed by atoms with van der Waals surface area (Å²) in [5.41, 5.74) is -2.04. The normalized spacial score (nSPS) is 45.5. The van der Waals surface area contributed by atoms with E-state index in [1.807, 2.05) is 0 Å². The van der Waals surface area contributed by atoms with Crippen LogP contribution in [0.5, 0.6) is 0 Å². The minimum atomic E-state index is -1.02. The molecule has 3 heterocycles. The Labute approximate surface area is 69.8 Å². The van der Waals surface area contributed by atoms with Crippen LogP contribution in [-0.2, 0) is 19.1 Å². The highest BCUT2D eigenvalue weighted by Crippen LogP contribution is 2.40. The molecule has 3 saturated heterocycles. The van der Waals surface area contributed by atoms with Crippen molar-refractivity contribution in [3.05, 3.63) is 0 Å². The summed E-state index contributed by atoms with van der Waals surface area (Å²) >= 11 is 0. The summed E-state index contributed by atoms with van der Waals surface area (Å²) in [6.45, 7) is 3.18. The molecule has 3 rings (SSSR count). The highest BCUT2D eigenvalue weighted by atomic mass is 16.7. The lowest BCUT2D eigenvalue weighted by molar-refractivity contribution is -0.240. The third-order valence-electron chi connectivity index (χ3n) is 2.58. The Bertz CT molecular complexity index is 244. The van der Waals surface area contributed by atoms with E-state index in [0.717, 1.165) is 0 Å². The van der Waals surface area contributed by atoms with Crippen molar-refractivity contribution in [2.24, 2.45) is 0 Å². The molecule has 0 aliphatic carbocycles. The van der Waals surface area contributed by atoms with Crippen molar-refractivity contribution in [3.8, 4) is 0 Å². The lowest BCUT2D eigenvalue weighted by Crippen LogP contribution is -2.62. The van der Waals surface area contributed by atoms with Gasteiger partial charge in [-0.2, -0.15) is 0 Å². The largest absolute Gasteiger partial charge is 0.444 e. The SMILES string of the molecule is C[C@]12CC[C@](C)(OC1=O)C(=O)O2. The van der Waals surface area contributed by atoms with Gasteiger partial charge >= 0.3 is 11.9 Å². The summed E-state index contributed by atoms with van der Waals surface area (Å²) < 4.78 is 9.95. The fourth-order valence-electron chi connectivity index (χ4n) is 1.49. The van der Waals surface area contributed by atoms with E-state index in [-0.39, 0.29) is 0 Å². The van der Waals surface area contributed by atoms with Crippen LogP contribution in [0.3, 0.4) is 0 Å². The molecule has 0 N–H and O–H groups in total. The number of carbonyl (C=O) groups excluding carboxylic acids is 2. The summed E-state index contributed by atoms with van der Waals surface area (Å²) in [6.07, 6.45) is 1.13. The highest BCUT2D eigenvalue weighted by Gasteiger charge is 2.59. The quantitative estimate of drug-likeness (QED) is 0.494. The second-order valence-corrected chi connectivity index (χ2v) is 3.74. The number of esters is 2. The molecule has 0 aromatic carbocycles. The predicted molar refractivity (Wildman–Crippen MR) is 38.2 cm³/mol. The Morgan fingerprint density at radius 3 is 1.58 bits per heavy atom. The van der Waals surface area contributed by atoms with Crippen LogP contribution in [-0.4, -0.2) is 23.1 Å². The van der Waals surface area contributed by atoms with Crippen molar-refractivity contribution in [1.82, 2.24) is 0 Å². The van der Waals surface area contributed by atoms with E-state index in [9.17, 15) is 9.59 Å². The Morgan fingerprint density at radius 1 is 1.00 bits per heavy atom. The summed E-state index contributed by atoms with van der Waals surface area (Å²) in [5, 5.41) is 0. The van der Waals surface area contributed by atoms with Gasteiger partial charge in [0.2, 0.25) is 11.2 Å². The highest BCUT2D eigenvalue weighted by molar-refractivity contribution is 5.94. The minimum absolute atomic E-state index is 0.421. The van der Waals surface area contributed by atoms with Crippen molar-refractivity contribution in [2.45, 2.75) is 37.9 Å². The topological polar surface area (TPSA) is 52.6 Å². The van der Waals surface area contributed by atoms with Crippen LogP contribution in [0.1, 0.15) is 26.7 Å². The van der Waals surface area contributed by atoms with Crippen LogP contribution in [0.15, 0.2) is 0 Å². The van der Waals surface area contributed by atoms with Gasteiger partial charge in [-0.15, -0.1) is 0 Å². The minimum Gasteiger partial charge on any atom is -0.444 e. The second kappa shape index (κ2) is 1.81. The molecule has 4 nitrogen and oxygen atoms in total. The van der Waals surface area contributed by atoms with Gasteiger partial charge in [0.1, 0.15) is 0 Å². The average Bonchev–Trinajstić information content (AvgIpc) is 1.96. The zero-order chi connectivity index (χ0) is 8.98. The molecule has 3 aliphatic rings. The first-order chi connectivity index (χ1) is 5.46. The molecule has 66 valence electrons. The van der Waals surface area contributed by atoms with Gasteiger partial charge in [0.05, 0.1) is 0 Å². The first-order valence-corrected chi connectivity index (χ1v) is 3.93. The van der Waals surface area contributed by atoms with E-state index in [1.165, 1.54) is 0 Å². The smallest absolute Gasteiger partial charge is 0.351 e. The van der Waals surface area contributed by atoms with Crippen molar-refractivity contribution in [1.29, 1.82) is 0 Å². The Balaban J connectivity index is 2.40. The zero-order valence-corrected chi connectivity index (χ0v) is 7.05. The Kier molecular flexibility index (Phi) is 1.14. The van der Waals surface area contributed by atoms with Gasteiger partial charge in [0.25, 0.3) is 0 Å². The molecule has 0 amide bonds. The van der Waals surface area contributed by atoms with Gasteiger partial charge < -0.3 is 9.47 Å². The lowest BCUT2D eigenvalue weighted by atomic mass is 9.84. The van der Waals surface area contributed by atoms with Crippen molar-refractivity contribution >= 4 is 11.9 Å². The van der Waals surface area contributed by atoms with Gasteiger partial charge in [0.15, 0.2) is 0 Å². The van der Waals surface area contributed by atoms with Crippen LogP contribution >= 0.6 is 0 Å². The summed E-state index contributed by atoms with van der Waals surface area (Å²) in [5.74, 6) is -0.841. The van der Waals surface area contributed by atoms with E-state index in [0.29, 0.717) is 12.8 Å². The number of hydrogen-bond acceptors (Lipinski definition) is 4. The van der Waals surface area contributed by atoms with Crippen LogP contribution < -0.4 is 0 Å². The first kappa shape index (κ1) is 7.58. The number of fused-ring (bicyclic) bond motifs is 3. The number of carbonyl (C=O) groups is 2. The fraction of sp³-hybridized carbons (Fsp3) is 0.750. The summed E-state index contributed by atoms with van der Waals surface area (Å²) in [6, 6.07) is 0. The molecule has 0 aromatic heterocycles. The van der Waals surface area contributed by atoms with Gasteiger partial charge in [-0.1, -0.05) is 0 Å². The maximum absolute atomic E-state index is 11.2. The number of hydrogen-bond donors (Lipinski definition) is 0. The van der Waals surface area contributed by atoms with E-state index < -0.39 is 23.1 Å². The number of rotatable bonds is 0. The Morgan fingerprint density at radius 2 is 1.33 bits per heavy atom. The van der Waals surface area contributed by atoms with Crippen LogP contribution in [0.25, 0.3) is 0 Å². The molecule has 0 aromatic rings. The van der Waals surface area contributed by atoms with E-state index in [4.69, 9.17) is 9.47 Å². The number of ether oxygens (including phenoxy) is 2. The van der Waals surface area contributed by atoms with Crippen molar-refractivity contribution in [3.63, 3.8) is 0 Å². The van der Waals surface area contributed by atoms with E-state index in [2.05, 4.69) is 0 Å². The molecule has 12 heavy (non-hydrogen) atoms. The molecule has 3 fully saturated rings. The molecule has 0 spiro atoms. The molecule has 4 heteroatoms. The monoisotopic (exact) mass is 170 g/mol.